The molecular weight excluding hydrogens is 241 g/mol. The molecule has 1 aromatic carbocycles. The summed E-state index contributed by atoms with van der Waals surface area (Å²) in [4.78, 5) is 0. The number of aliphatic hydroxyl groups is 1. The van der Waals surface area contributed by atoms with Crippen LogP contribution in [0.25, 0.3) is 0 Å². The Morgan fingerprint density at radius 2 is 1.89 bits per heavy atom. The van der Waals surface area contributed by atoms with Gasteiger partial charge in [-0.2, -0.15) is 0 Å². The molecule has 1 aromatic rings. The van der Waals surface area contributed by atoms with Crippen molar-refractivity contribution in [3.63, 3.8) is 0 Å². The Morgan fingerprint density at radius 3 is 2.42 bits per heavy atom. The monoisotopic (exact) mass is 267 g/mol. The molecule has 0 fully saturated rings. The maximum atomic E-state index is 13.7. The van der Waals surface area contributed by atoms with Crippen LogP contribution in [0.2, 0.25) is 0 Å². The maximum Gasteiger partial charge on any atom is 0.127 e. The number of hydrogen-bond donors (Lipinski definition) is 2. The lowest BCUT2D eigenvalue weighted by Gasteiger charge is -2.25. The van der Waals surface area contributed by atoms with Crippen molar-refractivity contribution in [3.05, 3.63) is 35.6 Å². The molecule has 0 aliphatic heterocycles. The Labute approximate surface area is 116 Å². The number of benzene rings is 1. The minimum atomic E-state index is -0.402. The zero-order chi connectivity index (χ0) is 14.5. The lowest BCUT2D eigenvalue weighted by atomic mass is 9.89. The minimum absolute atomic E-state index is 0.0455. The van der Waals surface area contributed by atoms with E-state index in [-0.39, 0.29) is 17.3 Å². The van der Waals surface area contributed by atoms with Gasteiger partial charge in [0.2, 0.25) is 0 Å². The molecule has 0 aliphatic carbocycles. The van der Waals surface area contributed by atoms with Gasteiger partial charge < -0.3 is 10.4 Å². The number of nitrogens with one attached hydrogen (secondary N) is 1. The van der Waals surface area contributed by atoms with Gasteiger partial charge in [0.1, 0.15) is 5.82 Å². The van der Waals surface area contributed by atoms with E-state index in [1.54, 1.807) is 12.1 Å². The smallest absolute Gasteiger partial charge is 0.127 e. The van der Waals surface area contributed by atoms with Gasteiger partial charge in [0.15, 0.2) is 0 Å². The predicted octanol–water partition coefficient (Wildman–Crippen LogP) is 3.66. The van der Waals surface area contributed by atoms with Crippen LogP contribution in [0.15, 0.2) is 24.3 Å². The summed E-state index contributed by atoms with van der Waals surface area (Å²) in [7, 11) is 0. The van der Waals surface area contributed by atoms with Gasteiger partial charge in [-0.1, -0.05) is 45.9 Å². The first-order valence-electron chi connectivity index (χ1n) is 6.99. The van der Waals surface area contributed by atoms with Crippen LogP contribution in [0.4, 0.5) is 4.39 Å². The van der Waals surface area contributed by atoms with Gasteiger partial charge in [0.25, 0.3) is 0 Å². The third-order valence-electron chi connectivity index (χ3n) is 3.14. The summed E-state index contributed by atoms with van der Waals surface area (Å²) in [6, 6.07) is 6.77. The van der Waals surface area contributed by atoms with Gasteiger partial charge in [0, 0.05) is 18.2 Å². The van der Waals surface area contributed by atoms with Crippen molar-refractivity contribution >= 4 is 0 Å². The van der Waals surface area contributed by atoms with E-state index in [0.29, 0.717) is 12.1 Å². The molecular formula is C16H26FNO. The Morgan fingerprint density at radius 1 is 1.26 bits per heavy atom. The number of hydrogen-bond acceptors (Lipinski definition) is 2. The molecule has 0 heterocycles. The van der Waals surface area contributed by atoms with Gasteiger partial charge in [-0.15, -0.1) is 0 Å². The van der Waals surface area contributed by atoms with Crippen molar-refractivity contribution in [2.45, 2.75) is 52.7 Å². The van der Waals surface area contributed by atoms with Crippen LogP contribution < -0.4 is 5.32 Å². The van der Waals surface area contributed by atoms with Crippen LogP contribution in [0.5, 0.6) is 0 Å². The second-order valence-corrected chi connectivity index (χ2v) is 6.31. The maximum absolute atomic E-state index is 13.7. The van der Waals surface area contributed by atoms with Crippen LogP contribution in [-0.4, -0.2) is 17.8 Å². The third kappa shape index (κ3) is 5.70. The lowest BCUT2D eigenvalue weighted by molar-refractivity contribution is 0.116. The van der Waals surface area contributed by atoms with Crippen molar-refractivity contribution in [2.24, 2.45) is 5.41 Å². The average Bonchev–Trinajstić information content (AvgIpc) is 2.29. The fourth-order valence-electron chi connectivity index (χ4n) is 2.29. The molecule has 3 heteroatoms. The molecule has 19 heavy (non-hydrogen) atoms. The highest BCUT2D eigenvalue weighted by molar-refractivity contribution is 5.21. The summed E-state index contributed by atoms with van der Waals surface area (Å²) in [6.07, 6.45) is 1.12. The standard InChI is InChI=1S/C16H26FNO/c1-5-15(13-8-6-7-9-14(13)17)18-11-12(19)10-16(2,3)4/h6-9,12,15,18-19H,5,10-11H2,1-4H3. The molecule has 0 spiro atoms. The van der Waals surface area contributed by atoms with Gasteiger partial charge in [0.05, 0.1) is 6.10 Å². The second-order valence-electron chi connectivity index (χ2n) is 6.31. The first-order chi connectivity index (χ1) is 8.83. The Bertz CT molecular complexity index is 387. The van der Waals surface area contributed by atoms with E-state index < -0.39 is 6.10 Å². The zero-order valence-corrected chi connectivity index (χ0v) is 12.4. The molecule has 2 atom stereocenters. The van der Waals surface area contributed by atoms with E-state index in [9.17, 15) is 9.50 Å². The van der Waals surface area contributed by atoms with Crippen molar-refractivity contribution in [1.29, 1.82) is 0 Å². The van der Waals surface area contributed by atoms with E-state index >= 15 is 0 Å². The zero-order valence-electron chi connectivity index (χ0n) is 12.4. The van der Waals surface area contributed by atoms with Crippen LogP contribution in [0.1, 0.15) is 52.1 Å². The highest BCUT2D eigenvalue weighted by Crippen LogP contribution is 2.22. The minimum Gasteiger partial charge on any atom is -0.392 e. The normalized spacial score (nSPS) is 15.3. The molecule has 108 valence electrons. The quantitative estimate of drug-likeness (QED) is 0.824. The highest BCUT2D eigenvalue weighted by Gasteiger charge is 2.19. The topological polar surface area (TPSA) is 32.3 Å². The molecule has 0 saturated carbocycles. The molecule has 1 rings (SSSR count). The summed E-state index contributed by atoms with van der Waals surface area (Å²) in [5, 5.41) is 13.2. The molecule has 2 unspecified atom stereocenters. The summed E-state index contributed by atoms with van der Waals surface area (Å²) in [6.45, 7) is 8.81. The Balaban J connectivity index is 2.57. The molecule has 0 saturated heterocycles. The number of halogens is 1. The number of rotatable bonds is 6. The van der Waals surface area contributed by atoms with Crippen LogP contribution >= 0.6 is 0 Å². The molecule has 0 aromatic heterocycles. The van der Waals surface area contributed by atoms with Gasteiger partial charge >= 0.3 is 0 Å². The van der Waals surface area contributed by atoms with E-state index in [1.165, 1.54) is 6.07 Å². The van der Waals surface area contributed by atoms with E-state index in [0.717, 1.165) is 12.8 Å². The molecule has 0 amide bonds. The summed E-state index contributed by atoms with van der Waals surface area (Å²) in [5.41, 5.74) is 0.772. The van der Waals surface area contributed by atoms with Crippen molar-refractivity contribution in [1.82, 2.24) is 5.32 Å². The molecule has 2 N–H and O–H groups in total. The van der Waals surface area contributed by atoms with E-state index in [2.05, 4.69) is 26.1 Å². The fourth-order valence-corrected chi connectivity index (χ4v) is 2.29. The Hall–Kier alpha value is -0.930. The van der Waals surface area contributed by atoms with Gasteiger partial charge in [-0.05, 0) is 24.3 Å². The first kappa shape index (κ1) is 16.1. The summed E-state index contributed by atoms with van der Waals surface area (Å²) in [5.74, 6) is -0.188. The molecule has 0 radical (unpaired) electrons. The number of aliphatic hydroxyl groups excluding tert-OH is 1. The lowest BCUT2D eigenvalue weighted by Crippen LogP contribution is -2.33. The molecule has 0 aliphatic rings. The van der Waals surface area contributed by atoms with Crippen LogP contribution in [0, 0.1) is 11.2 Å². The van der Waals surface area contributed by atoms with Crippen LogP contribution in [-0.2, 0) is 0 Å². The third-order valence-corrected chi connectivity index (χ3v) is 3.14. The van der Waals surface area contributed by atoms with Crippen molar-refractivity contribution in [2.75, 3.05) is 6.54 Å². The van der Waals surface area contributed by atoms with Gasteiger partial charge in [-0.3, -0.25) is 0 Å². The van der Waals surface area contributed by atoms with Crippen molar-refractivity contribution < 1.29 is 9.50 Å². The Kier molecular flexibility index (Phi) is 5.95. The second kappa shape index (κ2) is 7.01. The van der Waals surface area contributed by atoms with Crippen molar-refractivity contribution in [3.8, 4) is 0 Å². The predicted molar refractivity (Wildman–Crippen MR) is 77.5 cm³/mol. The highest BCUT2D eigenvalue weighted by atomic mass is 19.1. The molecule has 2 nitrogen and oxygen atoms in total. The largest absolute Gasteiger partial charge is 0.392 e. The SMILES string of the molecule is CCC(NCC(O)CC(C)(C)C)c1ccccc1F. The van der Waals surface area contributed by atoms with Crippen LogP contribution in [0.3, 0.4) is 0 Å². The first-order valence-corrected chi connectivity index (χ1v) is 6.99. The van der Waals surface area contributed by atoms with Gasteiger partial charge in [-0.25, -0.2) is 4.39 Å². The van der Waals surface area contributed by atoms with E-state index in [1.807, 2.05) is 13.0 Å². The van der Waals surface area contributed by atoms with E-state index in [4.69, 9.17) is 0 Å². The average molecular weight is 267 g/mol. The summed E-state index contributed by atoms with van der Waals surface area (Å²) < 4.78 is 13.7. The molecule has 0 bridgehead atoms. The fraction of sp³-hybridized carbons (Fsp3) is 0.625. The summed E-state index contributed by atoms with van der Waals surface area (Å²) >= 11 is 0.